The number of anilines is 1. The van der Waals surface area contributed by atoms with Crippen molar-refractivity contribution in [2.24, 2.45) is 0 Å². The van der Waals surface area contributed by atoms with Crippen LogP contribution in [0, 0.1) is 25.2 Å². The van der Waals surface area contributed by atoms with E-state index >= 15 is 0 Å². The summed E-state index contributed by atoms with van der Waals surface area (Å²) in [5, 5.41) is 11.6. The molecule has 1 N–H and O–H groups in total. The molecular weight excluding hydrogens is 380 g/mol. The van der Waals surface area contributed by atoms with Gasteiger partial charge in [0.05, 0.1) is 38.6 Å². The van der Waals surface area contributed by atoms with Crippen LogP contribution in [0.3, 0.4) is 0 Å². The minimum atomic E-state index is -0.644. The minimum Gasteiger partial charge on any atom is -0.452 e. The van der Waals surface area contributed by atoms with Crippen LogP contribution in [0.1, 0.15) is 27.3 Å². The lowest BCUT2D eigenvalue weighted by atomic mass is 10.2. The molecule has 0 aliphatic carbocycles. The van der Waals surface area contributed by atoms with Gasteiger partial charge in [-0.05, 0) is 50.2 Å². The Morgan fingerprint density at radius 3 is 2.50 bits per heavy atom. The van der Waals surface area contributed by atoms with E-state index in [1.807, 2.05) is 19.9 Å². The first-order chi connectivity index (χ1) is 13.4. The zero-order valence-corrected chi connectivity index (χ0v) is 15.9. The number of fused-ring (bicyclic) bond motifs is 1. The van der Waals surface area contributed by atoms with Crippen LogP contribution in [0.15, 0.2) is 36.4 Å². The summed E-state index contributed by atoms with van der Waals surface area (Å²) in [6.07, 6.45) is 0. The number of hydrogen-bond acceptors (Lipinski definition) is 6. The number of hydrogen-bond donors (Lipinski definition) is 1. The van der Waals surface area contributed by atoms with E-state index in [4.69, 9.17) is 21.6 Å². The molecular formula is C20H15ClN4O3. The third-order valence-electron chi connectivity index (χ3n) is 4.02. The van der Waals surface area contributed by atoms with Crippen LogP contribution in [-0.2, 0) is 9.53 Å². The zero-order chi connectivity index (χ0) is 20.3. The maximum atomic E-state index is 12.2. The summed E-state index contributed by atoms with van der Waals surface area (Å²) in [5.41, 5.74) is 3.83. The van der Waals surface area contributed by atoms with E-state index in [1.54, 1.807) is 18.2 Å². The number of halogens is 1. The second-order valence-electron chi connectivity index (χ2n) is 6.03. The number of nitrogens with one attached hydrogen (secondary N) is 1. The van der Waals surface area contributed by atoms with Gasteiger partial charge in [-0.3, -0.25) is 4.79 Å². The van der Waals surface area contributed by atoms with Gasteiger partial charge in [-0.2, -0.15) is 5.26 Å². The van der Waals surface area contributed by atoms with Gasteiger partial charge < -0.3 is 10.1 Å². The van der Waals surface area contributed by atoms with Gasteiger partial charge in [0.2, 0.25) is 0 Å². The van der Waals surface area contributed by atoms with Crippen LogP contribution in [0.2, 0.25) is 5.02 Å². The molecule has 7 nitrogen and oxygen atoms in total. The van der Waals surface area contributed by atoms with Crippen LogP contribution < -0.4 is 5.32 Å². The largest absolute Gasteiger partial charge is 0.452 e. The third-order valence-corrected chi connectivity index (χ3v) is 4.33. The number of ether oxygens (including phenoxy) is 1. The Morgan fingerprint density at radius 1 is 1.11 bits per heavy atom. The molecule has 0 atom stereocenters. The molecule has 140 valence electrons. The van der Waals surface area contributed by atoms with Crippen molar-refractivity contribution in [3.63, 3.8) is 0 Å². The Labute approximate surface area is 165 Å². The highest BCUT2D eigenvalue weighted by Gasteiger charge is 2.13. The standard InChI is InChI=1S/C20H15ClN4O3/c1-11-12(2)24-18-7-13(4-6-17(18)23-11)20(27)28-10-19(26)25-15-5-3-14(9-22)16(21)8-15/h3-8H,10H2,1-2H3,(H,25,26). The normalized spacial score (nSPS) is 10.4. The molecule has 8 heteroatoms. The first-order valence-electron chi connectivity index (χ1n) is 8.29. The molecule has 0 aliphatic heterocycles. The molecule has 0 unspecified atom stereocenters. The molecule has 0 fully saturated rings. The van der Waals surface area contributed by atoms with Crippen molar-refractivity contribution in [3.8, 4) is 6.07 Å². The highest BCUT2D eigenvalue weighted by atomic mass is 35.5. The van der Waals surface area contributed by atoms with E-state index < -0.39 is 18.5 Å². The average Bonchev–Trinajstić information content (AvgIpc) is 2.67. The fourth-order valence-electron chi connectivity index (χ4n) is 2.45. The van der Waals surface area contributed by atoms with E-state index in [9.17, 15) is 9.59 Å². The van der Waals surface area contributed by atoms with Gasteiger partial charge in [0.25, 0.3) is 5.91 Å². The summed E-state index contributed by atoms with van der Waals surface area (Å²) in [6.45, 7) is 3.24. The van der Waals surface area contributed by atoms with Gasteiger partial charge in [0, 0.05) is 5.69 Å². The summed E-state index contributed by atoms with van der Waals surface area (Å²) in [5.74, 6) is -1.17. The Morgan fingerprint density at radius 2 is 1.82 bits per heavy atom. The van der Waals surface area contributed by atoms with Crippen molar-refractivity contribution in [2.45, 2.75) is 13.8 Å². The van der Waals surface area contributed by atoms with Crippen LogP contribution in [0.4, 0.5) is 5.69 Å². The number of nitriles is 1. The molecule has 1 heterocycles. The highest BCUT2D eigenvalue weighted by Crippen LogP contribution is 2.20. The lowest BCUT2D eigenvalue weighted by molar-refractivity contribution is -0.119. The van der Waals surface area contributed by atoms with Gasteiger partial charge in [-0.15, -0.1) is 0 Å². The molecule has 28 heavy (non-hydrogen) atoms. The van der Waals surface area contributed by atoms with Crippen LogP contribution in [0.5, 0.6) is 0 Å². The van der Waals surface area contributed by atoms with E-state index in [-0.39, 0.29) is 10.6 Å². The lowest BCUT2D eigenvalue weighted by Gasteiger charge is -2.08. The van der Waals surface area contributed by atoms with Crippen molar-refractivity contribution in [2.75, 3.05) is 11.9 Å². The van der Waals surface area contributed by atoms with E-state index in [1.165, 1.54) is 18.2 Å². The van der Waals surface area contributed by atoms with Crippen molar-refractivity contribution in [1.82, 2.24) is 9.97 Å². The molecule has 0 saturated carbocycles. The summed E-state index contributed by atoms with van der Waals surface area (Å²) in [7, 11) is 0. The number of esters is 1. The number of aromatic nitrogens is 2. The first-order valence-corrected chi connectivity index (χ1v) is 8.67. The number of rotatable bonds is 4. The first kappa shape index (κ1) is 19.3. The number of carbonyl (C=O) groups is 2. The van der Waals surface area contributed by atoms with Gasteiger partial charge in [0.15, 0.2) is 6.61 Å². The average molecular weight is 395 g/mol. The Bertz CT molecular complexity index is 1140. The van der Waals surface area contributed by atoms with Crippen molar-refractivity contribution in [3.05, 3.63) is 63.9 Å². The number of aryl methyl sites for hydroxylation is 2. The Kier molecular flexibility index (Phi) is 5.52. The molecule has 1 amide bonds. The predicted octanol–water partition coefficient (Wildman–Crippen LogP) is 3.57. The van der Waals surface area contributed by atoms with Crippen molar-refractivity contribution >= 4 is 40.2 Å². The predicted molar refractivity (Wildman–Crippen MR) is 104 cm³/mol. The number of benzene rings is 2. The molecule has 0 spiro atoms. The van der Waals surface area contributed by atoms with Gasteiger partial charge in [0.1, 0.15) is 6.07 Å². The zero-order valence-electron chi connectivity index (χ0n) is 15.1. The minimum absolute atomic E-state index is 0.222. The number of carbonyl (C=O) groups excluding carboxylic acids is 2. The monoisotopic (exact) mass is 394 g/mol. The van der Waals surface area contributed by atoms with Gasteiger partial charge in [-0.25, -0.2) is 14.8 Å². The highest BCUT2D eigenvalue weighted by molar-refractivity contribution is 6.32. The quantitative estimate of drug-likeness (QED) is 0.678. The molecule has 3 aromatic rings. The topological polar surface area (TPSA) is 105 Å². The SMILES string of the molecule is Cc1nc2ccc(C(=O)OCC(=O)Nc3ccc(C#N)c(Cl)c3)cc2nc1C. The van der Waals surface area contributed by atoms with Gasteiger partial charge >= 0.3 is 5.97 Å². The number of nitrogens with zero attached hydrogens (tertiary/aromatic N) is 3. The molecule has 3 rings (SSSR count). The maximum absolute atomic E-state index is 12.2. The van der Waals surface area contributed by atoms with Crippen molar-refractivity contribution in [1.29, 1.82) is 5.26 Å². The van der Waals surface area contributed by atoms with Crippen molar-refractivity contribution < 1.29 is 14.3 Å². The van der Waals surface area contributed by atoms with E-state index in [2.05, 4.69) is 15.3 Å². The third kappa shape index (κ3) is 4.24. The lowest BCUT2D eigenvalue weighted by Crippen LogP contribution is -2.21. The second kappa shape index (κ2) is 8.03. The van der Waals surface area contributed by atoms with E-state index in [0.29, 0.717) is 22.3 Å². The fraction of sp³-hybridized carbons (Fsp3) is 0.150. The molecule has 0 bridgehead atoms. The number of amides is 1. The molecule has 2 aromatic carbocycles. The maximum Gasteiger partial charge on any atom is 0.338 e. The molecule has 0 saturated heterocycles. The van der Waals surface area contributed by atoms with Crippen LogP contribution in [0.25, 0.3) is 11.0 Å². The summed E-state index contributed by atoms with van der Waals surface area (Å²) < 4.78 is 5.06. The van der Waals surface area contributed by atoms with E-state index in [0.717, 1.165) is 11.4 Å². The smallest absolute Gasteiger partial charge is 0.338 e. The molecule has 0 aliphatic rings. The van der Waals surface area contributed by atoms with Crippen LogP contribution in [-0.4, -0.2) is 28.5 Å². The second-order valence-corrected chi connectivity index (χ2v) is 6.44. The fourth-order valence-corrected chi connectivity index (χ4v) is 2.68. The Hall–Kier alpha value is -3.50. The summed E-state index contributed by atoms with van der Waals surface area (Å²) in [4.78, 5) is 33.0. The molecule has 1 aromatic heterocycles. The summed E-state index contributed by atoms with van der Waals surface area (Å²) >= 11 is 5.92. The molecule has 0 radical (unpaired) electrons. The van der Waals surface area contributed by atoms with Crippen LogP contribution >= 0.6 is 11.6 Å². The Balaban J connectivity index is 1.64. The van der Waals surface area contributed by atoms with Gasteiger partial charge in [-0.1, -0.05) is 11.6 Å². The summed E-state index contributed by atoms with van der Waals surface area (Å²) in [6, 6.07) is 11.2.